The Bertz CT molecular complexity index is 3560. The molecule has 0 spiro atoms. The van der Waals surface area contributed by atoms with E-state index in [1.165, 1.54) is 0 Å². The smallest absolute Gasteiger partial charge is 0.189 e. The van der Waals surface area contributed by atoms with Crippen molar-refractivity contribution < 1.29 is 4.42 Å². The molecule has 0 saturated heterocycles. The van der Waals surface area contributed by atoms with Gasteiger partial charge in [-0.1, -0.05) is 72.8 Å². The summed E-state index contributed by atoms with van der Waals surface area (Å²) in [5.74, 6) is 0. The van der Waals surface area contributed by atoms with E-state index >= 15 is 0 Å². The van der Waals surface area contributed by atoms with Gasteiger partial charge in [0.2, 0.25) is 0 Å². The van der Waals surface area contributed by atoms with Crippen LogP contribution >= 0.6 is 0 Å². The maximum absolute atomic E-state index is 9.72. The van der Waals surface area contributed by atoms with Crippen LogP contribution in [-0.2, 0) is 0 Å². The predicted molar refractivity (Wildman–Crippen MR) is 229 cm³/mol. The number of nitrogens with zero attached hydrogens (tertiary/aromatic N) is 5. The van der Waals surface area contributed by atoms with Crippen molar-refractivity contribution in [1.29, 1.82) is 10.5 Å². The first kappa shape index (κ1) is 32.1. The fourth-order valence-electron chi connectivity index (χ4n) is 8.70. The predicted octanol–water partition coefficient (Wildman–Crippen LogP) is 13.4. The summed E-state index contributed by atoms with van der Waals surface area (Å²) in [6.45, 7) is 8.13. The molecular formula is C51H27N5O. The molecule has 0 unspecified atom stereocenters. The Kier molecular flexibility index (Phi) is 6.95. The van der Waals surface area contributed by atoms with Crippen LogP contribution in [0.2, 0.25) is 0 Å². The van der Waals surface area contributed by atoms with Gasteiger partial charge in [-0.15, -0.1) is 0 Å². The molecule has 0 saturated carbocycles. The normalized spacial score (nSPS) is 11.5. The number of nitriles is 2. The van der Waals surface area contributed by atoms with Gasteiger partial charge in [-0.2, -0.15) is 10.5 Å². The lowest BCUT2D eigenvalue weighted by Crippen LogP contribution is -1.96. The van der Waals surface area contributed by atoms with Crippen molar-refractivity contribution in [2.24, 2.45) is 0 Å². The van der Waals surface area contributed by atoms with Crippen molar-refractivity contribution >= 4 is 71.2 Å². The van der Waals surface area contributed by atoms with Gasteiger partial charge in [0.25, 0.3) is 0 Å². The Morgan fingerprint density at radius 2 is 1.09 bits per heavy atom. The summed E-state index contributed by atoms with van der Waals surface area (Å²) in [4.78, 5) is 3.93. The summed E-state index contributed by atoms with van der Waals surface area (Å²) in [6.07, 6.45) is 0. The zero-order chi connectivity index (χ0) is 38.2. The number of hydrogen-bond acceptors (Lipinski definition) is 3. The van der Waals surface area contributed by atoms with Crippen molar-refractivity contribution in [2.75, 3.05) is 0 Å². The van der Waals surface area contributed by atoms with E-state index in [-0.39, 0.29) is 0 Å². The van der Waals surface area contributed by atoms with E-state index in [9.17, 15) is 10.5 Å². The van der Waals surface area contributed by atoms with E-state index in [0.717, 1.165) is 99.2 Å². The minimum Gasteiger partial charge on any atom is -0.455 e. The average Bonchev–Trinajstić information content (AvgIpc) is 3.93. The van der Waals surface area contributed by atoms with Crippen LogP contribution < -0.4 is 0 Å². The first-order valence-electron chi connectivity index (χ1n) is 18.6. The number of rotatable bonds is 4. The maximum atomic E-state index is 9.72. The molecule has 262 valence electrons. The third kappa shape index (κ3) is 4.81. The number of furan rings is 1. The minimum atomic E-state index is 0.505. The summed E-state index contributed by atoms with van der Waals surface area (Å²) in [7, 11) is 0. The Morgan fingerprint density at radius 1 is 0.474 bits per heavy atom. The lowest BCUT2D eigenvalue weighted by atomic mass is 9.93. The number of benzene rings is 8. The number of para-hydroxylation sites is 2. The van der Waals surface area contributed by atoms with Gasteiger partial charge in [0, 0.05) is 38.3 Å². The highest BCUT2D eigenvalue weighted by Crippen LogP contribution is 2.42. The van der Waals surface area contributed by atoms with Crippen LogP contribution in [0.15, 0.2) is 168 Å². The van der Waals surface area contributed by atoms with E-state index in [4.69, 9.17) is 11.0 Å². The van der Waals surface area contributed by atoms with Crippen LogP contribution in [0.5, 0.6) is 0 Å². The number of fused-ring (bicyclic) bond motifs is 10. The molecule has 0 fully saturated rings. The monoisotopic (exact) mass is 725 g/mol. The molecule has 3 aromatic heterocycles. The third-order valence-electron chi connectivity index (χ3n) is 11.1. The van der Waals surface area contributed by atoms with Crippen molar-refractivity contribution in [3.05, 3.63) is 186 Å². The maximum Gasteiger partial charge on any atom is 0.189 e. The topological polar surface area (TPSA) is 74.9 Å². The molecule has 0 N–H and O–H groups in total. The van der Waals surface area contributed by atoms with Crippen LogP contribution in [0.4, 0.5) is 5.69 Å². The summed E-state index contributed by atoms with van der Waals surface area (Å²) >= 11 is 0. The lowest BCUT2D eigenvalue weighted by Gasteiger charge is -2.16. The molecule has 0 atom stereocenters. The second kappa shape index (κ2) is 12.3. The van der Waals surface area contributed by atoms with Gasteiger partial charge in [0.15, 0.2) is 5.69 Å². The largest absolute Gasteiger partial charge is 0.455 e. The average molecular weight is 726 g/mol. The lowest BCUT2D eigenvalue weighted by molar-refractivity contribution is 0.673. The van der Waals surface area contributed by atoms with Gasteiger partial charge < -0.3 is 13.6 Å². The van der Waals surface area contributed by atoms with Gasteiger partial charge >= 0.3 is 0 Å². The highest BCUT2D eigenvalue weighted by molar-refractivity contribution is 6.24. The van der Waals surface area contributed by atoms with Crippen LogP contribution in [0.3, 0.4) is 0 Å². The molecule has 6 heteroatoms. The van der Waals surface area contributed by atoms with E-state index in [1.54, 1.807) is 12.1 Å². The van der Waals surface area contributed by atoms with Crippen molar-refractivity contribution in [3.8, 4) is 45.8 Å². The van der Waals surface area contributed by atoms with Gasteiger partial charge in [-0.25, -0.2) is 4.85 Å². The molecule has 11 rings (SSSR count). The second-order valence-corrected chi connectivity index (χ2v) is 14.3. The molecule has 0 aliphatic heterocycles. The molecule has 3 heterocycles. The van der Waals surface area contributed by atoms with E-state index < -0.39 is 0 Å². The standard InChI is InChI=1S/C51H27N5O/c1-54-35-25-34(27-37(28-35)56-46-20-17-31(29-52)23-43(46)44-24-32(30-53)18-21-47(44)56)39-12-3-2-11-38(39)33-9-8-10-36(26-33)55-45-15-6-4-14-42(45)50-48(55)22-19-41-40-13-5-7-16-49(40)57-51(41)50/h2-28H. The summed E-state index contributed by atoms with van der Waals surface area (Å²) < 4.78 is 11.0. The van der Waals surface area contributed by atoms with Crippen LogP contribution in [-0.4, -0.2) is 9.13 Å². The van der Waals surface area contributed by atoms with Gasteiger partial charge in [-0.3, -0.25) is 0 Å². The zero-order valence-corrected chi connectivity index (χ0v) is 30.2. The van der Waals surface area contributed by atoms with Crippen LogP contribution in [0, 0.1) is 29.2 Å². The van der Waals surface area contributed by atoms with Crippen LogP contribution in [0.25, 0.3) is 104 Å². The van der Waals surface area contributed by atoms with E-state index in [2.05, 4.69) is 123 Å². The van der Waals surface area contributed by atoms with Gasteiger partial charge in [0.1, 0.15) is 11.2 Å². The molecule has 0 amide bonds. The van der Waals surface area contributed by atoms with Crippen LogP contribution in [0.1, 0.15) is 11.1 Å². The second-order valence-electron chi connectivity index (χ2n) is 14.3. The van der Waals surface area contributed by atoms with Crippen molar-refractivity contribution in [2.45, 2.75) is 0 Å². The Labute approximate surface area is 326 Å². The Balaban J connectivity index is 1.10. The van der Waals surface area contributed by atoms with E-state index in [0.29, 0.717) is 16.8 Å². The number of hydrogen-bond donors (Lipinski definition) is 0. The highest BCUT2D eigenvalue weighted by Gasteiger charge is 2.20. The molecule has 8 aromatic carbocycles. The first-order chi connectivity index (χ1) is 28.1. The van der Waals surface area contributed by atoms with Gasteiger partial charge in [0.05, 0.1) is 57.3 Å². The fourth-order valence-corrected chi connectivity index (χ4v) is 8.70. The Hall–Kier alpha value is -8.37. The molecule has 0 radical (unpaired) electrons. The minimum absolute atomic E-state index is 0.505. The third-order valence-corrected chi connectivity index (χ3v) is 11.1. The molecule has 6 nitrogen and oxygen atoms in total. The fraction of sp³-hybridized carbons (Fsp3) is 0. The number of aromatic nitrogens is 2. The molecule has 57 heavy (non-hydrogen) atoms. The summed E-state index contributed by atoms with van der Waals surface area (Å²) in [6, 6.07) is 59.7. The molecule has 11 aromatic rings. The van der Waals surface area contributed by atoms with E-state index in [1.807, 2.05) is 54.6 Å². The summed E-state index contributed by atoms with van der Waals surface area (Å²) in [5.41, 5.74) is 13.1. The van der Waals surface area contributed by atoms with Crippen molar-refractivity contribution in [1.82, 2.24) is 9.13 Å². The Morgan fingerprint density at radius 3 is 1.82 bits per heavy atom. The molecule has 0 bridgehead atoms. The molecular weight excluding hydrogens is 699 g/mol. The zero-order valence-electron chi connectivity index (χ0n) is 30.2. The van der Waals surface area contributed by atoms with Gasteiger partial charge in [-0.05, 0) is 113 Å². The molecule has 0 aliphatic carbocycles. The van der Waals surface area contributed by atoms with Crippen molar-refractivity contribution in [3.63, 3.8) is 0 Å². The first-order valence-corrected chi connectivity index (χ1v) is 18.6. The summed E-state index contributed by atoms with van der Waals surface area (Å²) in [5, 5.41) is 25.6. The highest BCUT2D eigenvalue weighted by atomic mass is 16.3. The molecule has 0 aliphatic rings. The SMILES string of the molecule is [C-]#[N+]c1cc(-c2ccccc2-c2cccc(-n3c4ccccc4c4c5oc6ccccc6c5ccc43)c2)cc(-n2c3ccc(C#N)cc3c3cc(C#N)ccc32)c1. The quantitative estimate of drug-likeness (QED) is 0.170.